The number of anilines is 1. The van der Waals surface area contributed by atoms with E-state index in [1.165, 1.54) is 6.07 Å². The number of hydrogen-bond acceptors (Lipinski definition) is 4. The monoisotopic (exact) mass is 239 g/mol. The van der Waals surface area contributed by atoms with Gasteiger partial charge in [0.1, 0.15) is 5.69 Å². The number of para-hydroxylation sites is 1. The van der Waals surface area contributed by atoms with Gasteiger partial charge < -0.3 is 5.73 Å². The van der Waals surface area contributed by atoms with Gasteiger partial charge in [-0.1, -0.05) is 18.2 Å². The first kappa shape index (κ1) is 10.5. The first-order valence-corrected chi connectivity index (χ1v) is 5.39. The highest BCUT2D eigenvalue weighted by Gasteiger charge is 2.14. The molecule has 1 aromatic heterocycles. The number of aromatic nitrogens is 1. The molecule has 0 aliphatic heterocycles. The van der Waals surface area contributed by atoms with Crippen molar-refractivity contribution in [3.63, 3.8) is 0 Å². The molecule has 5 heteroatoms. The molecule has 88 valence electrons. The maximum Gasteiger partial charge on any atom is 0.292 e. The Hall–Kier alpha value is -2.69. The van der Waals surface area contributed by atoms with E-state index < -0.39 is 4.92 Å². The largest absolute Gasteiger partial charge is 0.393 e. The fourth-order valence-corrected chi connectivity index (χ4v) is 2.02. The van der Waals surface area contributed by atoms with Gasteiger partial charge in [-0.2, -0.15) is 0 Å². The number of nitro benzene ring substituents is 1. The highest BCUT2D eigenvalue weighted by atomic mass is 16.6. The van der Waals surface area contributed by atoms with Crippen molar-refractivity contribution in [2.45, 2.75) is 0 Å². The van der Waals surface area contributed by atoms with E-state index in [-0.39, 0.29) is 11.4 Å². The molecule has 0 saturated carbocycles. The maximum atomic E-state index is 10.8. The summed E-state index contributed by atoms with van der Waals surface area (Å²) < 4.78 is 0. The van der Waals surface area contributed by atoms with Gasteiger partial charge in [-0.05, 0) is 18.2 Å². The highest BCUT2D eigenvalue weighted by molar-refractivity contribution is 6.01. The van der Waals surface area contributed by atoms with Crippen molar-refractivity contribution in [1.82, 2.24) is 4.98 Å². The van der Waals surface area contributed by atoms with Crippen molar-refractivity contribution < 1.29 is 4.92 Å². The molecule has 3 aromatic rings. The van der Waals surface area contributed by atoms with Crippen LogP contribution in [0.5, 0.6) is 0 Å². The summed E-state index contributed by atoms with van der Waals surface area (Å²) in [5.74, 6) is 0. The molecule has 0 saturated heterocycles. The third-order valence-electron chi connectivity index (χ3n) is 2.92. The van der Waals surface area contributed by atoms with Crippen molar-refractivity contribution in [3.05, 3.63) is 52.6 Å². The van der Waals surface area contributed by atoms with Crippen LogP contribution in [0.2, 0.25) is 0 Å². The van der Waals surface area contributed by atoms with Crippen LogP contribution in [0.15, 0.2) is 42.5 Å². The van der Waals surface area contributed by atoms with Gasteiger partial charge in [0.15, 0.2) is 0 Å². The van der Waals surface area contributed by atoms with Crippen LogP contribution < -0.4 is 5.73 Å². The lowest BCUT2D eigenvalue weighted by atomic mass is 10.1. The molecule has 0 bridgehead atoms. The minimum Gasteiger partial charge on any atom is -0.393 e. The molecular weight excluding hydrogens is 230 g/mol. The van der Waals surface area contributed by atoms with Crippen LogP contribution in [-0.2, 0) is 0 Å². The van der Waals surface area contributed by atoms with Gasteiger partial charge >= 0.3 is 0 Å². The van der Waals surface area contributed by atoms with E-state index in [4.69, 9.17) is 5.73 Å². The first-order chi connectivity index (χ1) is 8.66. The summed E-state index contributed by atoms with van der Waals surface area (Å²) in [4.78, 5) is 14.8. The third kappa shape index (κ3) is 1.45. The summed E-state index contributed by atoms with van der Waals surface area (Å²) in [6, 6.07) is 12.4. The smallest absolute Gasteiger partial charge is 0.292 e. The molecule has 0 aliphatic carbocycles. The third-order valence-corrected chi connectivity index (χ3v) is 2.92. The van der Waals surface area contributed by atoms with E-state index in [0.717, 1.165) is 10.9 Å². The molecule has 0 spiro atoms. The van der Waals surface area contributed by atoms with Crippen molar-refractivity contribution in [2.24, 2.45) is 0 Å². The van der Waals surface area contributed by atoms with Gasteiger partial charge in [-0.15, -0.1) is 0 Å². The molecule has 3 rings (SSSR count). The minimum atomic E-state index is -0.482. The zero-order valence-electron chi connectivity index (χ0n) is 9.33. The zero-order valence-corrected chi connectivity index (χ0v) is 9.33. The standard InChI is InChI=1S/C13H9N3O2/c14-13-9-7-8-3-1-2-4-10(8)15-11(9)5-6-12(13)16(17)18/h1-7H,14H2. The van der Waals surface area contributed by atoms with Gasteiger partial charge in [-0.25, -0.2) is 4.98 Å². The Morgan fingerprint density at radius 1 is 1.11 bits per heavy atom. The van der Waals surface area contributed by atoms with E-state index in [9.17, 15) is 10.1 Å². The summed E-state index contributed by atoms with van der Waals surface area (Å²) in [7, 11) is 0. The normalized spacial score (nSPS) is 10.9. The van der Waals surface area contributed by atoms with Gasteiger partial charge in [0.2, 0.25) is 0 Å². The van der Waals surface area contributed by atoms with Gasteiger partial charge in [-0.3, -0.25) is 10.1 Å². The van der Waals surface area contributed by atoms with E-state index in [1.807, 2.05) is 30.3 Å². The number of fused-ring (bicyclic) bond motifs is 2. The average molecular weight is 239 g/mol. The molecule has 0 atom stereocenters. The van der Waals surface area contributed by atoms with Gasteiger partial charge in [0, 0.05) is 16.8 Å². The number of pyridine rings is 1. The zero-order chi connectivity index (χ0) is 12.7. The van der Waals surface area contributed by atoms with Crippen LogP contribution >= 0.6 is 0 Å². The van der Waals surface area contributed by atoms with E-state index >= 15 is 0 Å². The Morgan fingerprint density at radius 3 is 2.67 bits per heavy atom. The molecule has 0 unspecified atom stereocenters. The van der Waals surface area contributed by atoms with E-state index in [2.05, 4.69) is 4.98 Å². The second-order valence-electron chi connectivity index (χ2n) is 4.00. The summed E-state index contributed by atoms with van der Waals surface area (Å²) in [5.41, 5.74) is 7.42. The molecule has 2 N–H and O–H groups in total. The minimum absolute atomic E-state index is 0.0837. The van der Waals surface area contributed by atoms with Crippen LogP contribution in [0.4, 0.5) is 11.4 Å². The quantitative estimate of drug-likeness (QED) is 0.306. The molecule has 0 aliphatic rings. The number of nitrogens with zero attached hydrogens (tertiary/aromatic N) is 2. The Balaban J connectivity index is 2.44. The van der Waals surface area contributed by atoms with E-state index in [1.54, 1.807) is 6.07 Å². The summed E-state index contributed by atoms with van der Waals surface area (Å²) >= 11 is 0. The van der Waals surface area contributed by atoms with Crippen molar-refractivity contribution >= 4 is 33.2 Å². The highest BCUT2D eigenvalue weighted by Crippen LogP contribution is 2.31. The SMILES string of the molecule is Nc1c([N+](=O)[O-])ccc2nc3ccccc3cc12. The van der Waals surface area contributed by atoms with Gasteiger partial charge in [0.05, 0.1) is 16.0 Å². The molecule has 5 nitrogen and oxygen atoms in total. The molecule has 0 amide bonds. The number of rotatable bonds is 1. The lowest BCUT2D eigenvalue weighted by Gasteiger charge is -2.04. The lowest BCUT2D eigenvalue weighted by Crippen LogP contribution is -1.97. The molecule has 2 aromatic carbocycles. The molecular formula is C13H9N3O2. The Labute approximate surface area is 102 Å². The molecule has 18 heavy (non-hydrogen) atoms. The predicted octanol–water partition coefficient (Wildman–Crippen LogP) is 2.88. The number of benzene rings is 2. The Morgan fingerprint density at radius 2 is 1.89 bits per heavy atom. The lowest BCUT2D eigenvalue weighted by molar-refractivity contribution is -0.383. The van der Waals surface area contributed by atoms with Gasteiger partial charge in [0.25, 0.3) is 5.69 Å². The summed E-state index contributed by atoms with van der Waals surface area (Å²) in [6.07, 6.45) is 0. The topological polar surface area (TPSA) is 82.0 Å². The van der Waals surface area contributed by atoms with Crippen LogP contribution in [-0.4, -0.2) is 9.91 Å². The van der Waals surface area contributed by atoms with Crippen LogP contribution in [0.3, 0.4) is 0 Å². The fraction of sp³-hybridized carbons (Fsp3) is 0. The Kier molecular flexibility index (Phi) is 2.13. The molecule has 0 fully saturated rings. The summed E-state index contributed by atoms with van der Waals surface area (Å²) in [6.45, 7) is 0. The summed E-state index contributed by atoms with van der Waals surface area (Å²) in [5, 5.41) is 12.4. The van der Waals surface area contributed by atoms with Crippen molar-refractivity contribution in [1.29, 1.82) is 0 Å². The number of hydrogen-bond donors (Lipinski definition) is 1. The van der Waals surface area contributed by atoms with Crippen molar-refractivity contribution in [3.8, 4) is 0 Å². The second kappa shape index (κ2) is 3.66. The second-order valence-corrected chi connectivity index (χ2v) is 4.00. The first-order valence-electron chi connectivity index (χ1n) is 5.39. The predicted molar refractivity (Wildman–Crippen MR) is 70.3 cm³/mol. The van der Waals surface area contributed by atoms with Crippen LogP contribution in [0, 0.1) is 10.1 Å². The van der Waals surface area contributed by atoms with Crippen molar-refractivity contribution in [2.75, 3.05) is 5.73 Å². The average Bonchev–Trinajstić information content (AvgIpc) is 2.37. The molecule has 0 radical (unpaired) electrons. The van der Waals surface area contributed by atoms with Crippen LogP contribution in [0.1, 0.15) is 0 Å². The number of nitrogen functional groups attached to an aromatic ring is 1. The number of nitro groups is 1. The van der Waals surface area contributed by atoms with E-state index in [0.29, 0.717) is 10.9 Å². The number of nitrogens with two attached hydrogens (primary N) is 1. The van der Waals surface area contributed by atoms with Crippen LogP contribution in [0.25, 0.3) is 21.8 Å². The Bertz CT molecular complexity index is 784. The fourth-order valence-electron chi connectivity index (χ4n) is 2.02. The maximum absolute atomic E-state index is 10.8. The molecule has 1 heterocycles.